The van der Waals surface area contributed by atoms with Crippen LogP contribution in [0.3, 0.4) is 0 Å². The first kappa shape index (κ1) is 21.8. The Kier molecular flexibility index (Phi) is 6.14. The summed E-state index contributed by atoms with van der Waals surface area (Å²) < 4.78 is 1.96. The fraction of sp³-hybridized carbons (Fsp3) is 0.250. The predicted octanol–water partition coefficient (Wildman–Crippen LogP) is 4.77. The molecule has 4 rings (SSSR count). The van der Waals surface area contributed by atoms with E-state index in [0.717, 1.165) is 27.7 Å². The highest BCUT2D eigenvalue weighted by atomic mass is 32.2. The van der Waals surface area contributed by atoms with Crippen LogP contribution in [0.5, 0.6) is 0 Å². The Morgan fingerprint density at radius 2 is 1.88 bits per heavy atom. The first-order chi connectivity index (χ1) is 15.4. The zero-order valence-electron chi connectivity index (χ0n) is 18.1. The number of thioether (sulfide) groups is 1. The average molecular weight is 449 g/mol. The van der Waals surface area contributed by atoms with Gasteiger partial charge in [-0.1, -0.05) is 63.2 Å². The molecular weight excluding hydrogens is 424 g/mol. The summed E-state index contributed by atoms with van der Waals surface area (Å²) in [5.41, 5.74) is 3.66. The second-order valence-corrected chi connectivity index (χ2v) is 9.00. The number of carboxylic acid groups (broad SMARTS) is 1. The van der Waals surface area contributed by atoms with Gasteiger partial charge in [0.15, 0.2) is 0 Å². The van der Waals surface area contributed by atoms with Crippen molar-refractivity contribution in [2.75, 3.05) is 5.75 Å². The third-order valence-electron chi connectivity index (χ3n) is 5.23. The average Bonchev–Trinajstić information content (AvgIpc) is 3.17. The minimum Gasteiger partial charge on any atom is -0.478 e. The minimum atomic E-state index is -0.954. The molecule has 0 saturated carbocycles. The molecule has 0 amide bonds. The number of H-pyrrole nitrogens is 1. The molecule has 4 aromatic rings. The smallest absolute Gasteiger partial charge is 0.336 e. The maximum Gasteiger partial charge on any atom is 0.336 e. The molecule has 7 nitrogen and oxygen atoms in total. The van der Waals surface area contributed by atoms with Gasteiger partial charge in [0.2, 0.25) is 0 Å². The van der Waals surface area contributed by atoms with Gasteiger partial charge in [-0.05, 0) is 28.5 Å². The summed E-state index contributed by atoms with van der Waals surface area (Å²) in [4.78, 5) is 29.0. The maximum atomic E-state index is 12.7. The predicted molar refractivity (Wildman–Crippen MR) is 127 cm³/mol. The fourth-order valence-electron chi connectivity index (χ4n) is 3.79. The number of nitrogens with one attached hydrogen (secondary N) is 1. The van der Waals surface area contributed by atoms with Gasteiger partial charge in [-0.3, -0.25) is 4.79 Å². The number of aromatic nitrogens is 4. The first-order valence-electron chi connectivity index (χ1n) is 10.4. The number of carboxylic acids is 1. The van der Waals surface area contributed by atoms with Crippen LogP contribution in [0.25, 0.3) is 22.2 Å². The van der Waals surface area contributed by atoms with Crippen LogP contribution in [-0.4, -0.2) is 36.6 Å². The van der Waals surface area contributed by atoms with Crippen LogP contribution in [0.15, 0.2) is 58.4 Å². The lowest BCUT2D eigenvalue weighted by molar-refractivity contribution is 0.0697. The third kappa shape index (κ3) is 4.05. The monoisotopic (exact) mass is 448 g/mol. The highest BCUT2D eigenvalue weighted by Gasteiger charge is 2.20. The van der Waals surface area contributed by atoms with Crippen molar-refractivity contribution < 1.29 is 9.90 Å². The molecule has 32 heavy (non-hydrogen) atoms. The molecule has 0 bridgehead atoms. The standard InChI is InChI=1S/C24H24N4O3S/c1-4-32-23-19-20(22(29)26-27-23)28(21(25-19)14(2)3)13-15-9-11-16(12-10-15)17-7-5-6-8-18(17)24(30)31/h5-12,14H,4,13H2,1-3H3,(H,26,29)(H,30,31). The summed E-state index contributed by atoms with van der Waals surface area (Å²) >= 11 is 1.55. The highest BCUT2D eigenvalue weighted by Crippen LogP contribution is 2.28. The second-order valence-electron chi connectivity index (χ2n) is 7.75. The number of rotatable bonds is 7. The Morgan fingerprint density at radius 3 is 2.53 bits per heavy atom. The van der Waals surface area contributed by atoms with Crippen LogP contribution >= 0.6 is 11.8 Å². The van der Waals surface area contributed by atoms with Crippen molar-refractivity contribution in [3.8, 4) is 11.1 Å². The van der Waals surface area contributed by atoms with E-state index in [0.29, 0.717) is 23.1 Å². The number of nitrogens with zero attached hydrogens (tertiary/aromatic N) is 3. The lowest BCUT2D eigenvalue weighted by Gasteiger charge is -2.12. The van der Waals surface area contributed by atoms with E-state index < -0.39 is 5.97 Å². The van der Waals surface area contributed by atoms with Gasteiger partial charge in [0.25, 0.3) is 5.56 Å². The largest absolute Gasteiger partial charge is 0.478 e. The Balaban J connectivity index is 1.76. The Labute approximate surface area is 189 Å². The number of hydrogen-bond donors (Lipinski definition) is 2. The summed E-state index contributed by atoms with van der Waals surface area (Å²) in [6.45, 7) is 6.62. The van der Waals surface area contributed by atoms with Crippen molar-refractivity contribution in [1.29, 1.82) is 0 Å². The Bertz CT molecular complexity index is 1340. The van der Waals surface area contributed by atoms with Crippen LogP contribution in [0, 0.1) is 0 Å². The van der Waals surface area contributed by atoms with E-state index in [1.807, 2.05) is 41.8 Å². The van der Waals surface area contributed by atoms with Crippen LogP contribution in [0.1, 0.15) is 48.4 Å². The van der Waals surface area contributed by atoms with Crippen molar-refractivity contribution in [3.05, 3.63) is 75.8 Å². The molecule has 0 aliphatic heterocycles. The topological polar surface area (TPSA) is 101 Å². The van der Waals surface area contributed by atoms with E-state index in [1.165, 1.54) is 0 Å². The number of hydrogen-bond acceptors (Lipinski definition) is 5. The molecule has 0 aliphatic rings. The molecule has 0 fully saturated rings. The molecular formula is C24H24N4O3S. The van der Waals surface area contributed by atoms with E-state index in [-0.39, 0.29) is 17.0 Å². The normalized spacial score (nSPS) is 11.4. The van der Waals surface area contributed by atoms with Crippen LogP contribution in [0.2, 0.25) is 0 Å². The lowest BCUT2D eigenvalue weighted by Crippen LogP contribution is -2.15. The van der Waals surface area contributed by atoms with Gasteiger partial charge in [0.05, 0.1) is 5.56 Å². The molecule has 0 atom stereocenters. The summed E-state index contributed by atoms with van der Waals surface area (Å²) in [5.74, 6) is 0.835. The molecule has 2 aromatic carbocycles. The van der Waals surface area contributed by atoms with Crippen molar-refractivity contribution in [3.63, 3.8) is 0 Å². The molecule has 0 radical (unpaired) electrons. The summed E-state index contributed by atoms with van der Waals surface area (Å²) in [7, 11) is 0. The number of benzene rings is 2. The molecule has 164 valence electrons. The summed E-state index contributed by atoms with van der Waals surface area (Å²) in [5, 5.41) is 17.0. The van der Waals surface area contributed by atoms with Gasteiger partial charge >= 0.3 is 5.97 Å². The van der Waals surface area contributed by atoms with Gasteiger partial charge in [-0.2, -0.15) is 5.10 Å². The van der Waals surface area contributed by atoms with E-state index in [4.69, 9.17) is 4.98 Å². The molecule has 0 spiro atoms. The summed E-state index contributed by atoms with van der Waals surface area (Å²) in [6, 6.07) is 14.7. The van der Waals surface area contributed by atoms with Crippen molar-refractivity contribution in [2.45, 2.75) is 38.3 Å². The number of aromatic carboxylic acids is 1. The molecule has 0 saturated heterocycles. The lowest BCUT2D eigenvalue weighted by atomic mass is 9.98. The number of imidazole rings is 1. The molecule has 2 heterocycles. The number of carbonyl (C=O) groups is 1. The second kappa shape index (κ2) is 9.00. The molecule has 0 aliphatic carbocycles. The zero-order chi connectivity index (χ0) is 22.8. The van der Waals surface area contributed by atoms with Crippen molar-refractivity contribution in [1.82, 2.24) is 19.7 Å². The minimum absolute atomic E-state index is 0.128. The zero-order valence-corrected chi connectivity index (χ0v) is 18.9. The molecule has 2 aromatic heterocycles. The van der Waals surface area contributed by atoms with Gasteiger partial charge in [-0.25, -0.2) is 14.9 Å². The fourth-order valence-corrected chi connectivity index (χ4v) is 4.45. The first-order valence-corrected chi connectivity index (χ1v) is 11.4. The molecule has 2 N–H and O–H groups in total. The quantitative estimate of drug-likeness (QED) is 0.395. The van der Waals surface area contributed by atoms with Gasteiger partial charge in [0, 0.05) is 12.5 Å². The van der Waals surface area contributed by atoms with E-state index in [2.05, 4.69) is 24.0 Å². The SMILES string of the molecule is CCSc1n[nH]c(=O)c2c1nc(C(C)C)n2Cc1ccc(-c2ccccc2C(=O)O)cc1. The molecule has 8 heteroatoms. The van der Waals surface area contributed by atoms with Gasteiger partial charge in [-0.15, -0.1) is 11.8 Å². The van der Waals surface area contributed by atoms with E-state index in [1.54, 1.807) is 30.0 Å². The Hall–Kier alpha value is -3.39. The third-order valence-corrected chi connectivity index (χ3v) is 6.08. The van der Waals surface area contributed by atoms with Crippen LogP contribution in [0.4, 0.5) is 0 Å². The van der Waals surface area contributed by atoms with Gasteiger partial charge < -0.3 is 9.67 Å². The molecule has 0 unspecified atom stereocenters. The Morgan fingerprint density at radius 1 is 1.16 bits per heavy atom. The van der Waals surface area contributed by atoms with Crippen molar-refractivity contribution >= 4 is 28.8 Å². The number of aromatic amines is 1. The van der Waals surface area contributed by atoms with Gasteiger partial charge in [0.1, 0.15) is 21.9 Å². The number of fused-ring (bicyclic) bond motifs is 1. The highest BCUT2D eigenvalue weighted by molar-refractivity contribution is 7.99. The van der Waals surface area contributed by atoms with Crippen molar-refractivity contribution in [2.24, 2.45) is 0 Å². The van der Waals surface area contributed by atoms with E-state index >= 15 is 0 Å². The van der Waals surface area contributed by atoms with Crippen LogP contribution < -0.4 is 5.56 Å². The van der Waals surface area contributed by atoms with Crippen LogP contribution in [-0.2, 0) is 6.54 Å². The maximum absolute atomic E-state index is 12.7. The van der Waals surface area contributed by atoms with E-state index in [9.17, 15) is 14.7 Å². The summed E-state index contributed by atoms with van der Waals surface area (Å²) in [6.07, 6.45) is 0.